The molecule has 7 fully saturated rings. The van der Waals surface area contributed by atoms with Crippen LogP contribution in [0, 0.1) is 33.5 Å². The number of ether oxygens (including phenoxy) is 7. The average Bonchev–Trinajstić information content (AvgIpc) is 0.714. The third-order valence-corrected chi connectivity index (χ3v) is 42.1. The van der Waals surface area contributed by atoms with Crippen LogP contribution in [0.3, 0.4) is 0 Å². The number of aliphatic hydroxyl groups excluding tert-OH is 5. The van der Waals surface area contributed by atoms with Crippen LogP contribution in [0.25, 0.3) is 0 Å². The van der Waals surface area contributed by atoms with Crippen molar-refractivity contribution in [1.29, 1.82) is 0 Å². The van der Waals surface area contributed by atoms with Crippen molar-refractivity contribution in [1.82, 2.24) is 0 Å². The first-order valence-corrected chi connectivity index (χ1v) is 47.9. The van der Waals surface area contributed by atoms with Crippen molar-refractivity contribution in [3.05, 3.63) is 94.1 Å². The molecule has 9 aliphatic rings. The van der Waals surface area contributed by atoms with Crippen LogP contribution >= 0.6 is 0 Å². The predicted octanol–water partition coefficient (Wildman–Crippen LogP) is 12.4. The molecule has 2 aromatic rings. The molecular weight excluding hydrogens is 1500 g/mol. The highest BCUT2D eigenvalue weighted by Gasteiger charge is 2.82. The average molecular weight is 1630 g/mol. The van der Waals surface area contributed by atoms with Crippen molar-refractivity contribution in [3.63, 3.8) is 0 Å². The monoisotopic (exact) mass is 1630 g/mol. The molecule has 0 unspecified atom stereocenters. The first-order chi connectivity index (χ1) is 52.1. The lowest BCUT2D eigenvalue weighted by Crippen LogP contribution is -2.85. The standard InChI is InChI=1S/C36H52O10Si.C29H36O10.C14H30F3NOSi2.C4H8O/c1-10-47(11-2,12-3)46-27-26-21(4)24(38)18-35(42,32(26,6)7)30(44-31(41)23-16-14-13-15-17-23)28-34(9,29(27)40)25(39)19-33(8)36(28,20-43-33)45-22(5)37;1-14-17(31)12-29(36)24(38-25(35)16-9-7-6-8-10-16)22-27(5,23(34)21(33)20(14)26(29,3)4)18(32)11-19-28(22,13-37-19)39-15(2)30;1-7-20(8-2,9-3)18-13(14(15,16)17)19-21(10-4,11-5)12-6;1-2-4-5-3-1/h13-17,24-25,27-28,30,38-39,42H,10-12,18-20H2,1-9H3;6-10,17-19,21-22,24,31-33,36H,11-13H2,1-5H3;7-12H2,1-6H3;1-4H2/t24-,25-,27+,28-,30-,33+,34+,35+,36+;17-,18-,19+,21+,22-,24-,27+,28-,29+;;/m00../s1. The van der Waals surface area contributed by atoms with E-state index in [1.54, 1.807) is 104 Å². The summed E-state index contributed by atoms with van der Waals surface area (Å²) < 4.78 is 98.4. The number of hydrogen-bond donors (Lipinski definition) is 7. The molecule has 3 saturated heterocycles. The number of alkyl halides is 3. The number of esters is 4. The molecule has 628 valence electrons. The van der Waals surface area contributed by atoms with Gasteiger partial charge in [-0.3, -0.25) is 23.8 Å². The smallest absolute Gasteiger partial charge is 0.465 e. The Kier molecular flexibility index (Phi) is 28.2. The van der Waals surface area contributed by atoms with E-state index in [1.165, 1.54) is 45.7 Å². The Morgan fingerprint density at radius 1 is 0.571 bits per heavy atom. The summed E-state index contributed by atoms with van der Waals surface area (Å²) in [6.07, 6.45) is -14.8. The third kappa shape index (κ3) is 15.8. The Balaban J connectivity index is 0.000000217. The zero-order valence-corrected chi connectivity index (χ0v) is 72.4. The second-order valence-corrected chi connectivity index (χ2v) is 48.4. The van der Waals surface area contributed by atoms with Crippen molar-refractivity contribution in [3.8, 4) is 0 Å². The summed E-state index contributed by atoms with van der Waals surface area (Å²) in [6, 6.07) is 22.8. The maximum Gasteiger partial charge on any atom is 0.465 e. The summed E-state index contributed by atoms with van der Waals surface area (Å²) in [7, 11) is -7.17. The van der Waals surface area contributed by atoms with Gasteiger partial charge >= 0.3 is 30.1 Å². The number of carbonyl (C=O) groups is 6. The third-order valence-electron chi connectivity index (χ3n) is 28.4. The Morgan fingerprint density at radius 2 is 1.01 bits per heavy atom. The molecule has 7 N–H and O–H groups in total. The van der Waals surface area contributed by atoms with Gasteiger partial charge in [0.1, 0.15) is 47.3 Å². The van der Waals surface area contributed by atoms with Crippen LogP contribution in [0.5, 0.6) is 0 Å². The van der Waals surface area contributed by atoms with Gasteiger partial charge < -0.3 is 77.8 Å². The second-order valence-electron chi connectivity index (χ2n) is 34.2. The fourth-order valence-corrected chi connectivity index (χ4v) is 27.9. The molecule has 29 heteroatoms. The van der Waals surface area contributed by atoms with Crippen LogP contribution in [-0.4, -0.2) is 218 Å². The maximum atomic E-state index is 15.6. The van der Waals surface area contributed by atoms with Crippen LogP contribution in [-0.2, 0) is 61.2 Å². The van der Waals surface area contributed by atoms with E-state index in [0.29, 0.717) is 34.9 Å². The topological polar surface area (TPSA) is 339 Å². The van der Waals surface area contributed by atoms with Crippen LogP contribution in [0.4, 0.5) is 13.2 Å². The molecule has 0 aromatic heterocycles. The van der Waals surface area contributed by atoms with Gasteiger partial charge in [0.15, 0.2) is 39.3 Å². The highest BCUT2D eigenvalue weighted by molar-refractivity contribution is 6.80. The van der Waals surface area contributed by atoms with Crippen LogP contribution in [0.15, 0.2) is 87.6 Å². The minimum absolute atomic E-state index is 0.0501. The van der Waals surface area contributed by atoms with Crippen molar-refractivity contribution < 1.29 is 120 Å². The normalized spacial score (nSPS) is 35.2. The molecule has 0 amide bonds. The number of carbonyl (C=O) groups excluding carboxylic acids is 6. The van der Waals surface area contributed by atoms with Gasteiger partial charge in [0.05, 0.1) is 71.4 Å². The summed E-state index contributed by atoms with van der Waals surface area (Å²) in [4.78, 5) is 82.7. The molecule has 0 spiro atoms. The molecule has 4 bridgehead atoms. The molecule has 11 rings (SSSR count). The first kappa shape index (κ1) is 92.1. The molecule has 3 aliphatic heterocycles. The molecular formula is C83H126F3NO22Si3. The van der Waals surface area contributed by atoms with Crippen LogP contribution in [0.1, 0.15) is 198 Å². The number of benzene rings is 2. The minimum Gasteiger partial charge on any atom is -0.528 e. The van der Waals surface area contributed by atoms with Crippen molar-refractivity contribution in [2.24, 2.45) is 38.2 Å². The summed E-state index contributed by atoms with van der Waals surface area (Å²) in [6.45, 7) is 36.8. The van der Waals surface area contributed by atoms with E-state index in [9.17, 15) is 72.9 Å². The molecule has 3 heterocycles. The van der Waals surface area contributed by atoms with E-state index in [-0.39, 0.29) is 55.6 Å². The van der Waals surface area contributed by atoms with Gasteiger partial charge in [-0.25, -0.2) is 9.59 Å². The van der Waals surface area contributed by atoms with E-state index in [4.69, 9.17) is 42.0 Å². The van der Waals surface area contributed by atoms with Gasteiger partial charge in [-0.1, -0.05) is 126 Å². The van der Waals surface area contributed by atoms with Crippen molar-refractivity contribution in [2.45, 2.75) is 321 Å². The number of hydrogen-bond acceptors (Lipinski definition) is 23. The molecule has 6 aliphatic carbocycles. The Morgan fingerprint density at radius 3 is 1.39 bits per heavy atom. The number of fused-ring (bicyclic) bond motifs is 10. The molecule has 2 aromatic carbocycles. The zero-order chi connectivity index (χ0) is 83.9. The minimum atomic E-state index is -4.48. The van der Waals surface area contributed by atoms with Gasteiger partial charge in [0, 0.05) is 63.6 Å². The Hall–Kier alpha value is -5.39. The van der Waals surface area contributed by atoms with Gasteiger partial charge in [0.2, 0.25) is 0 Å². The van der Waals surface area contributed by atoms with Gasteiger partial charge in [-0.15, -0.1) is 0 Å². The highest BCUT2D eigenvalue weighted by atomic mass is 28.4. The number of aliphatic hydroxyl groups is 7. The fourth-order valence-electron chi connectivity index (χ4n) is 20.0. The number of halogens is 3. The summed E-state index contributed by atoms with van der Waals surface area (Å²) in [5.41, 5.74) is -13.0. The maximum absolute atomic E-state index is 15.6. The van der Waals surface area contributed by atoms with Crippen LogP contribution in [0.2, 0.25) is 54.4 Å². The van der Waals surface area contributed by atoms with Crippen LogP contribution < -0.4 is 0 Å². The Labute approximate surface area is 661 Å². The van der Waals surface area contributed by atoms with E-state index in [2.05, 4.69) is 25.4 Å². The van der Waals surface area contributed by atoms with Gasteiger partial charge in [-0.05, 0) is 148 Å². The lowest BCUT2D eigenvalue weighted by atomic mass is 9.42. The molecule has 0 radical (unpaired) electrons. The quantitative estimate of drug-likeness (QED) is 0.0172. The largest absolute Gasteiger partial charge is 0.528 e. The first-order valence-electron chi connectivity index (χ1n) is 40.3. The Bertz CT molecular complexity index is 3790. The lowest BCUT2D eigenvalue weighted by Gasteiger charge is -2.70. The fraction of sp³-hybridized carbons (Fsp3) is 0.723. The van der Waals surface area contributed by atoms with Gasteiger partial charge in [0.25, 0.3) is 14.2 Å². The summed E-state index contributed by atoms with van der Waals surface area (Å²) >= 11 is 0. The van der Waals surface area contributed by atoms with E-state index >= 15 is 4.79 Å². The molecule has 112 heavy (non-hydrogen) atoms. The van der Waals surface area contributed by atoms with E-state index in [0.717, 1.165) is 49.5 Å². The van der Waals surface area contributed by atoms with E-state index in [1.807, 2.05) is 41.5 Å². The summed E-state index contributed by atoms with van der Waals surface area (Å²) in [5.74, 6) is -7.69. The number of Topliss-reactive ketones (excluding diaryl/α,β-unsaturated/α-hetero) is 2. The SMILES string of the molecule is C1CCOC1.CC(=O)O[C@@]12CO[C@@H]1C[C@H](O)[C@@]1(C)C(=O)[C@H](O)C3=C(C)[C@@H](O)C[C@@](O)([C@@H](OC(=O)c4ccccc4)[C@H]21)C3(C)C.CC[Si](CC)(CC)N=C(O[Si](CC)(CC)CC)C(F)(F)F.CC[Si](CC)(CC)O[C@H]1C(=O)[C@]2(C)[C@@H](O)C[C@@]3(C)OC[C@@]3(OC(C)=O)[C@H]2[C@H](OC(=O)c2ccccc2)[C@]2(O)C[C@H](O)C(C)=C1C2(C)C. The molecule has 23 nitrogen and oxygen atoms in total. The van der Waals surface area contributed by atoms with Gasteiger partial charge in [-0.2, -0.15) is 13.2 Å². The highest BCUT2D eigenvalue weighted by Crippen LogP contribution is 2.68. The molecule has 18 atom stereocenters. The van der Waals surface area contributed by atoms with E-state index < -0.39 is 189 Å². The molecule has 4 saturated carbocycles. The number of nitrogens with zero attached hydrogens (tertiary/aromatic N) is 1. The van der Waals surface area contributed by atoms with Crippen molar-refractivity contribution >= 4 is 66.2 Å². The number of ketones is 2. The second kappa shape index (κ2) is 34.3. The van der Waals surface area contributed by atoms with Crippen molar-refractivity contribution in [2.75, 3.05) is 26.4 Å². The predicted molar refractivity (Wildman–Crippen MR) is 420 cm³/mol. The lowest BCUT2D eigenvalue weighted by molar-refractivity contribution is -0.383. The zero-order valence-electron chi connectivity index (χ0n) is 69.4. The number of rotatable bonds is 19. The summed E-state index contributed by atoms with van der Waals surface area (Å²) in [5, 5.41) is 83.8.